The van der Waals surface area contributed by atoms with Crippen LogP contribution >= 0.6 is 11.3 Å². The van der Waals surface area contributed by atoms with E-state index in [0.717, 1.165) is 30.4 Å². The summed E-state index contributed by atoms with van der Waals surface area (Å²) >= 11 is 1.36. The van der Waals surface area contributed by atoms with Gasteiger partial charge in [-0.3, -0.25) is 4.79 Å². The van der Waals surface area contributed by atoms with E-state index in [4.69, 9.17) is 9.84 Å². The third-order valence-corrected chi connectivity index (χ3v) is 4.27. The molecular weight excluding hydrogens is 290 g/mol. The summed E-state index contributed by atoms with van der Waals surface area (Å²) in [5.74, 6) is -1.02. The Morgan fingerprint density at radius 1 is 1.57 bits per heavy atom. The zero-order chi connectivity index (χ0) is 15.2. The van der Waals surface area contributed by atoms with Crippen LogP contribution in [0, 0.1) is 0 Å². The Labute approximate surface area is 127 Å². The summed E-state index contributed by atoms with van der Waals surface area (Å²) in [4.78, 5) is 25.5. The van der Waals surface area contributed by atoms with E-state index >= 15 is 0 Å². The first-order chi connectivity index (χ1) is 10.1. The van der Waals surface area contributed by atoms with Gasteiger partial charge in [-0.05, 0) is 31.9 Å². The van der Waals surface area contributed by atoms with E-state index in [9.17, 15) is 9.59 Å². The van der Waals surface area contributed by atoms with Crippen LogP contribution in [0.5, 0.6) is 0 Å². The van der Waals surface area contributed by atoms with E-state index in [2.05, 4.69) is 0 Å². The highest BCUT2D eigenvalue weighted by molar-refractivity contribution is 7.11. The molecule has 1 N–H and O–H groups in total. The minimum atomic E-state index is -0.996. The number of likely N-dealkylation sites (N-methyl/N-ethyl adjacent to an activating group) is 1. The highest BCUT2D eigenvalue weighted by Gasteiger charge is 2.22. The van der Waals surface area contributed by atoms with Gasteiger partial charge in [-0.1, -0.05) is 0 Å². The summed E-state index contributed by atoms with van der Waals surface area (Å²) < 4.78 is 5.57. The molecule has 21 heavy (non-hydrogen) atoms. The summed E-state index contributed by atoms with van der Waals surface area (Å²) in [7, 11) is 0. The molecule has 1 fully saturated rings. The predicted molar refractivity (Wildman–Crippen MR) is 81.5 cm³/mol. The molecule has 2 rings (SSSR count). The maximum atomic E-state index is 12.5. The topological polar surface area (TPSA) is 66.8 Å². The maximum Gasteiger partial charge on any atom is 0.328 e. The SMILES string of the molecule is CCN(CC1CCCO1)C(=O)c1csc(C=CC(=O)O)c1. The first kappa shape index (κ1) is 15.7. The lowest BCUT2D eigenvalue weighted by Crippen LogP contribution is -2.37. The Hall–Kier alpha value is -1.66. The van der Waals surface area contributed by atoms with Crippen molar-refractivity contribution >= 4 is 29.3 Å². The highest BCUT2D eigenvalue weighted by Crippen LogP contribution is 2.19. The summed E-state index contributed by atoms with van der Waals surface area (Å²) in [6, 6.07) is 1.73. The van der Waals surface area contributed by atoms with Gasteiger partial charge in [-0.25, -0.2) is 4.79 Å². The Morgan fingerprint density at radius 2 is 2.38 bits per heavy atom. The maximum absolute atomic E-state index is 12.5. The van der Waals surface area contributed by atoms with Gasteiger partial charge in [0.05, 0.1) is 11.7 Å². The fraction of sp³-hybridized carbons (Fsp3) is 0.467. The van der Waals surface area contributed by atoms with E-state index in [1.807, 2.05) is 6.92 Å². The van der Waals surface area contributed by atoms with E-state index in [1.54, 1.807) is 16.3 Å². The molecule has 1 aromatic rings. The molecule has 0 aliphatic carbocycles. The Bertz CT molecular complexity index is 532. The molecular formula is C15H19NO4S. The van der Waals surface area contributed by atoms with Crippen molar-refractivity contribution in [3.8, 4) is 0 Å². The number of ether oxygens (including phenoxy) is 1. The van der Waals surface area contributed by atoms with Gasteiger partial charge in [0, 0.05) is 36.0 Å². The second kappa shape index (κ2) is 7.38. The van der Waals surface area contributed by atoms with Gasteiger partial charge in [-0.15, -0.1) is 11.3 Å². The fourth-order valence-electron chi connectivity index (χ4n) is 2.28. The number of carboxylic acids is 1. The molecule has 1 aliphatic rings. The van der Waals surface area contributed by atoms with Crippen molar-refractivity contribution in [2.24, 2.45) is 0 Å². The largest absolute Gasteiger partial charge is 0.478 e. The normalized spacial score (nSPS) is 18.2. The average molecular weight is 309 g/mol. The third-order valence-electron chi connectivity index (χ3n) is 3.37. The molecule has 1 aliphatic heterocycles. The number of rotatable bonds is 6. The van der Waals surface area contributed by atoms with Crippen molar-refractivity contribution in [2.75, 3.05) is 19.7 Å². The monoisotopic (exact) mass is 309 g/mol. The third kappa shape index (κ3) is 4.41. The molecule has 0 radical (unpaired) electrons. The molecule has 1 saturated heterocycles. The number of hydrogen-bond acceptors (Lipinski definition) is 4. The van der Waals surface area contributed by atoms with Gasteiger partial charge in [0.25, 0.3) is 5.91 Å². The van der Waals surface area contributed by atoms with E-state index in [0.29, 0.717) is 18.7 Å². The number of aliphatic carboxylic acids is 1. The molecule has 5 nitrogen and oxygen atoms in total. The van der Waals surface area contributed by atoms with Gasteiger partial charge < -0.3 is 14.7 Å². The lowest BCUT2D eigenvalue weighted by Gasteiger charge is -2.23. The summed E-state index contributed by atoms with van der Waals surface area (Å²) in [6.07, 6.45) is 4.77. The summed E-state index contributed by atoms with van der Waals surface area (Å²) in [5.41, 5.74) is 0.602. The number of carbonyl (C=O) groups excluding carboxylic acids is 1. The molecule has 1 amide bonds. The number of thiophene rings is 1. The van der Waals surface area contributed by atoms with Crippen LogP contribution in [-0.4, -0.2) is 47.7 Å². The molecule has 0 spiro atoms. The lowest BCUT2D eigenvalue weighted by atomic mass is 10.2. The lowest BCUT2D eigenvalue weighted by molar-refractivity contribution is -0.131. The molecule has 1 unspecified atom stereocenters. The van der Waals surface area contributed by atoms with Crippen LogP contribution in [-0.2, 0) is 9.53 Å². The Kier molecular flexibility index (Phi) is 5.52. The van der Waals surface area contributed by atoms with Crippen LogP contribution in [0.1, 0.15) is 35.0 Å². The van der Waals surface area contributed by atoms with Crippen LogP contribution in [0.3, 0.4) is 0 Å². The first-order valence-corrected chi connectivity index (χ1v) is 7.88. The summed E-state index contributed by atoms with van der Waals surface area (Å²) in [6.45, 7) is 3.98. The molecule has 114 valence electrons. The number of amides is 1. The molecule has 2 heterocycles. The Balaban J connectivity index is 2.01. The number of hydrogen-bond donors (Lipinski definition) is 1. The van der Waals surface area contributed by atoms with Crippen molar-refractivity contribution in [3.05, 3.63) is 28.0 Å². The van der Waals surface area contributed by atoms with Crippen molar-refractivity contribution in [2.45, 2.75) is 25.9 Å². The van der Waals surface area contributed by atoms with Gasteiger partial charge in [0.2, 0.25) is 0 Å². The number of nitrogens with zero attached hydrogens (tertiary/aromatic N) is 1. The van der Waals surface area contributed by atoms with E-state index in [-0.39, 0.29) is 12.0 Å². The zero-order valence-corrected chi connectivity index (χ0v) is 12.8. The van der Waals surface area contributed by atoms with E-state index in [1.165, 1.54) is 17.4 Å². The molecule has 0 aromatic carbocycles. The summed E-state index contributed by atoms with van der Waals surface area (Å²) in [5, 5.41) is 10.4. The molecule has 6 heteroatoms. The predicted octanol–water partition coefficient (Wildman–Crippen LogP) is 2.49. The second-order valence-corrected chi connectivity index (χ2v) is 5.83. The number of carbonyl (C=O) groups is 2. The average Bonchev–Trinajstić information content (AvgIpc) is 3.13. The van der Waals surface area contributed by atoms with Crippen molar-refractivity contribution in [3.63, 3.8) is 0 Å². The second-order valence-electron chi connectivity index (χ2n) is 4.89. The standard InChI is InChI=1S/C15H19NO4S/c1-2-16(9-12-4-3-7-20-12)15(19)11-8-13(21-10-11)5-6-14(17)18/h5-6,8,10,12H,2-4,7,9H2,1H3,(H,17,18). The zero-order valence-electron chi connectivity index (χ0n) is 11.9. The minimum absolute atomic E-state index is 0.0285. The van der Waals surface area contributed by atoms with Crippen LogP contribution < -0.4 is 0 Å². The molecule has 0 bridgehead atoms. The molecule has 1 atom stereocenters. The van der Waals surface area contributed by atoms with Crippen LogP contribution in [0.4, 0.5) is 0 Å². The fourth-order valence-corrected chi connectivity index (χ4v) is 3.05. The van der Waals surface area contributed by atoms with E-state index < -0.39 is 5.97 Å². The smallest absolute Gasteiger partial charge is 0.328 e. The molecule has 0 saturated carbocycles. The molecule has 1 aromatic heterocycles. The van der Waals surface area contributed by atoms with Crippen molar-refractivity contribution in [1.82, 2.24) is 4.90 Å². The first-order valence-electron chi connectivity index (χ1n) is 7.00. The van der Waals surface area contributed by atoms with Gasteiger partial charge in [0.1, 0.15) is 0 Å². The van der Waals surface area contributed by atoms with Gasteiger partial charge >= 0.3 is 5.97 Å². The van der Waals surface area contributed by atoms with Crippen LogP contribution in [0.25, 0.3) is 6.08 Å². The van der Waals surface area contributed by atoms with Gasteiger partial charge in [0.15, 0.2) is 0 Å². The quantitative estimate of drug-likeness (QED) is 0.820. The van der Waals surface area contributed by atoms with Crippen molar-refractivity contribution in [1.29, 1.82) is 0 Å². The van der Waals surface area contributed by atoms with Gasteiger partial charge in [-0.2, -0.15) is 0 Å². The van der Waals surface area contributed by atoms with Crippen molar-refractivity contribution < 1.29 is 19.4 Å². The highest BCUT2D eigenvalue weighted by atomic mass is 32.1. The number of carboxylic acid groups (broad SMARTS) is 1. The van der Waals surface area contributed by atoms with Crippen LogP contribution in [0.15, 0.2) is 17.5 Å². The van der Waals surface area contributed by atoms with Crippen LogP contribution in [0.2, 0.25) is 0 Å². The minimum Gasteiger partial charge on any atom is -0.478 e. The Morgan fingerprint density at radius 3 is 3.00 bits per heavy atom.